The second kappa shape index (κ2) is 7.24. The molecule has 0 saturated carbocycles. The van der Waals surface area contributed by atoms with Gasteiger partial charge in [0, 0.05) is 5.69 Å². The first-order chi connectivity index (χ1) is 12.8. The van der Waals surface area contributed by atoms with E-state index in [1.807, 2.05) is 31.2 Å². The first-order valence-electron chi connectivity index (χ1n) is 8.29. The number of hydrogen-bond acceptors (Lipinski definition) is 4. The van der Waals surface area contributed by atoms with Crippen LogP contribution in [0.15, 0.2) is 48.5 Å². The molecule has 1 aliphatic heterocycles. The summed E-state index contributed by atoms with van der Waals surface area (Å²) in [6.07, 6.45) is 0. The van der Waals surface area contributed by atoms with Crippen molar-refractivity contribution in [2.45, 2.75) is 19.4 Å². The lowest BCUT2D eigenvalue weighted by atomic mass is 9.92. The number of ether oxygens (including phenoxy) is 1. The van der Waals surface area contributed by atoms with Gasteiger partial charge in [-0.3, -0.25) is 10.2 Å². The number of imide groups is 1. The summed E-state index contributed by atoms with van der Waals surface area (Å²) >= 11 is 5.25. The SMILES string of the molecule is COc1cccc(C2(C)NC(=O)N(NC(=S)Nc3ccccc3C)C2=O)c1. The predicted octanol–water partition coefficient (Wildman–Crippen LogP) is 2.67. The zero-order valence-corrected chi connectivity index (χ0v) is 16.0. The molecule has 140 valence electrons. The largest absolute Gasteiger partial charge is 0.497 e. The Bertz CT molecular complexity index is 917. The lowest BCUT2D eigenvalue weighted by molar-refractivity contribution is -0.132. The van der Waals surface area contributed by atoms with Crippen LogP contribution in [-0.4, -0.2) is 29.2 Å². The van der Waals surface area contributed by atoms with Crippen LogP contribution in [0.2, 0.25) is 0 Å². The number of rotatable bonds is 4. The molecule has 3 amide bonds. The fourth-order valence-electron chi connectivity index (χ4n) is 2.84. The molecule has 1 fully saturated rings. The fourth-order valence-corrected chi connectivity index (χ4v) is 3.04. The molecule has 3 N–H and O–H groups in total. The molecular formula is C19H20N4O3S. The zero-order chi connectivity index (χ0) is 19.6. The third kappa shape index (κ3) is 3.56. The van der Waals surface area contributed by atoms with Gasteiger partial charge in [-0.05, 0) is 55.4 Å². The van der Waals surface area contributed by atoms with Gasteiger partial charge in [0.15, 0.2) is 5.11 Å². The van der Waals surface area contributed by atoms with E-state index in [9.17, 15) is 9.59 Å². The molecule has 0 aromatic heterocycles. The lowest BCUT2D eigenvalue weighted by Gasteiger charge is -2.23. The Morgan fingerprint density at radius 3 is 2.63 bits per heavy atom. The molecule has 1 atom stereocenters. The first kappa shape index (κ1) is 18.7. The van der Waals surface area contributed by atoms with Gasteiger partial charge in [-0.15, -0.1) is 0 Å². The monoisotopic (exact) mass is 384 g/mol. The Morgan fingerprint density at radius 2 is 1.93 bits per heavy atom. The molecule has 2 aromatic carbocycles. The van der Waals surface area contributed by atoms with Gasteiger partial charge < -0.3 is 15.4 Å². The van der Waals surface area contributed by atoms with Crippen LogP contribution in [0.4, 0.5) is 10.5 Å². The average Bonchev–Trinajstić information content (AvgIpc) is 2.88. The van der Waals surface area contributed by atoms with Gasteiger partial charge in [-0.25, -0.2) is 4.79 Å². The number of benzene rings is 2. The van der Waals surface area contributed by atoms with Gasteiger partial charge in [-0.2, -0.15) is 5.01 Å². The van der Waals surface area contributed by atoms with Crippen molar-refractivity contribution in [2.75, 3.05) is 12.4 Å². The molecule has 0 spiro atoms. The Morgan fingerprint density at radius 1 is 1.19 bits per heavy atom. The maximum absolute atomic E-state index is 12.9. The van der Waals surface area contributed by atoms with E-state index in [4.69, 9.17) is 17.0 Å². The predicted molar refractivity (Wildman–Crippen MR) is 106 cm³/mol. The van der Waals surface area contributed by atoms with Gasteiger partial charge in [0.2, 0.25) is 0 Å². The van der Waals surface area contributed by atoms with Crippen molar-refractivity contribution in [1.29, 1.82) is 0 Å². The summed E-state index contributed by atoms with van der Waals surface area (Å²) in [6, 6.07) is 14.0. The topological polar surface area (TPSA) is 82.7 Å². The molecule has 1 unspecified atom stereocenters. The number of methoxy groups -OCH3 is 1. The van der Waals surface area contributed by atoms with Crippen LogP contribution >= 0.6 is 12.2 Å². The van der Waals surface area contributed by atoms with Crippen molar-refractivity contribution in [3.05, 3.63) is 59.7 Å². The van der Waals surface area contributed by atoms with Gasteiger partial charge in [0.25, 0.3) is 5.91 Å². The molecule has 2 aromatic rings. The molecule has 3 rings (SSSR count). The number of hydrazine groups is 1. The van der Waals surface area contributed by atoms with Crippen molar-refractivity contribution in [2.24, 2.45) is 0 Å². The number of anilines is 1. The summed E-state index contributed by atoms with van der Waals surface area (Å²) in [5, 5.41) is 6.72. The number of nitrogens with one attached hydrogen (secondary N) is 3. The number of para-hydroxylation sites is 1. The number of amides is 3. The van der Waals surface area contributed by atoms with E-state index in [-0.39, 0.29) is 5.11 Å². The Labute approximate surface area is 162 Å². The summed E-state index contributed by atoms with van der Waals surface area (Å²) < 4.78 is 5.21. The number of carbonyl (C=O) groups excluding carboxylic acids is 2. The molecule has 1 aliphatic rings. The summed E-state index contributed by atoms with van der Waals surface area (Å²) in [6.45, 7) is 3.57. The molecule has 1 heterocycles. The highest BCUT2D eigenvalue weighted by Gasteiger charge is 2.50. The van der Waals surface area contributed by atoms with E-state index in [2.05, 4.69) is 16.1 Å². The van der Waals surface area contributed by atoms with Crippen LogP contribution < -0.4 is 20.8 Å². The molecule has 0 bridgehead atoms. The van der Waals surface area contributed by atoms with Gasteiger partial charge in [0.1, 0.15) is 11.3 Å². The minimum Gasteiger partial charge on any atom is -0.497 e. The van der Waals surface area contributed by atoms with Crippen molar-refractivity contribution in [1.82, 2.24) is 15.8 Å². The normalized spacial score (nSPS) is 18.9. The molecule has 1 saturated heterocycles. The highest BCUT2D eigenvalue weighted by Crippen LogP contribution is 2.30. The van der Waals surface area contributed by atoms with E-state index in [0.717, 1.165) is 16.3 Å². The second-order valence-corrected chi connectivity index (χ2v) is 6.72. The van der Waals surface area contributed by atoms with Gasteiger partial charge in [-0.1, -0.05) is 30.3 Å². The van der Waals surface area contributed by atoms with E-state index < -0.39 is 17.5 Å². The molecule has 8 heteroatoms. The third-order valence-electron chi connectivity index (χ3n) is 4.44. The van der Waals surface area contributed by atoms with Crippen molar-refractivity contribution >= 4 is 35.0 Å². The van der Waals surface area contributed by atoms with Crippen molar-refractivity contribution in [3.63, 3.8) is 0 Å². The number of urea groups is 1. The maximum atomic E-state index is 12.9. The van der Waals surface area contributed by atoms with Crippen LogP contribution in [0.3, 0.4) is 0 Å². The van der Waals surface area contributed by atoms with Gasteiger partial charge >= 0.3 is 6.03 Å². The van der Waals surface area contributed by atoms with Crippen LogP contribution in [0, 0.1) is 6.92 Å². The quantitative estimate of drug-likeness (QED) is 0.555. The first-order valence-corrected chi connectivity index (χ1v) is 8.70. The molecular weight excluding hydrogens is 364 g/mol. The Hall–Kier alpha value is -3.13. The number of thiocarbonyl (C=S) groups is 1. The van der Waals surface area contributed by atoms with Crippen LogP contribution in [-0.2, 0) is 10.3 Å². The van der Waals surface area contributed by atoms with Crippen molar-refractivity contribution in [3.8, 4) is 5.75 Å². The molecule has 27 heavy (non-hydrogen) atoms. The lowest BCUT2D eigenvalue weighted by Crippen LogP contribution is -2.49. The minimum absolute atomic E-state index is 0.141. The Kier molecular flexibility index (Phi) is 5.00. The number of nitrogens with zero attached hydrogens (tertiary/aromatic N) is 1. The van der Waals surface area contributed by atoms with Crippen LogP contribution in [0.5, 0.6) is 5.75 Å². The smallest absolute Gasteiger partial charge is 0.344 e. The number of hydrogen-bond donors (Lipinski definition) is 3. The molecule has 0 radical (unpaired) electrons. The standard InChI is InChI=1S/C19H20N4O3S/c1-12-7-4-5-10-15(12)20-17(27)22-23-16(24)19(2,21-18(23)25)13-8-6-9-14(11-13)26-3/h4-11H,1-3H3,(H,21,25)(H2,20,22,27). The Balaban J connectivity index is 1.77. The van der Waals surface area contributed by atoms with Crippen LogP contribution in [0.25, 0.3) is 0 Å². The summed E-state index contributed by atoms with van der Waals surface area (Å²) in [7, 11) is 1.54. The molecule has 0 aliphatic carbocycles. The molecule has 7 nitrogen and oxygen atoms in total. The second-order valence-electron chi connectivity index (χ2n) is 6.31. The third-order valence-corrected chi connectivity index (χ3v) is 4.64. The summed E-state index contributed by atoms with van der Waals surface area (Å²) in [5.41, 5.74) is 3.83. The van der Waals surface area contributed by atoms with Crippen molar-refractivity contribution < 1.29 is 14.3 Å². The van der Waals surface area contributed by atoms with E-state index >= 15 is 0 Å². The van der Waals surface area contributed by atoms with E-state index in [0.29, 0.717) is 11.3 Å². The minimum atomic E-state index is -1.23. The number of carbonyl (C=O) groups is 2. The average molecular weight is 384 g/mol. The number of aryl methyl sites for hydroxylation is 1. The van der Waals surface area contributed by atoms with Crippen LogP contribution in [0.1, 0.15) is 18.1 Å². The maximum Gasteiger partial charge on any atom is 0.344 e. The summed E-state index contributed by atoms with van der Waals surface area (Å²) in [5.74, 6) is 0.133. The fraction of sp³-hybridized carbons (Fsp3) is 0.211. The summed E-state index contributed by atoms with van der Waals surface area (Å²) in [4.78, 5) is 25.3. The highest BCUT2D eigenvalue weighted by atomic mass is 32.1. The van der Waals surface area contributed by atoms with Gasteiger partial charge in [0.05, 0.1) is 7.11 Å². The van der Waals surface area contributed by atoms with E-state index in [1.165, 1.54) is 0 Å². The highest BCUT2D eigenvalue weighted by molar-refractivity contribution is 7.80. The van der Waals surface area contributed by atoms with E-state index in [1.54, 1.807) is 38.3 Å². The zero-order valence-electron chi connectivity index (χ0n) is 15.2.